The molecule has 2 aromatic rings. The van der Waals surface area contributed by atoms with Crippen molar-refractivity contribution in [3.63, 3.8) is 0 Å². The minimum Gasteiger partial charge on any atom is -0.317 e. The first-order valence-electron chi connectivity index (χ1n) is 5.75. The molecule has 1 atom stereocenters. The molecular weight excluding hydrogens is 198 g/mol. The zero-order valence-corrected chi connectivity index (χ0v) is 9.80. The summed E-state index contributed by atoms with van der Waals surface area (Å²) in [6.45, 7) is 5.32. The molecule has 84 valence electrons. The highest BCUT2D eigenvalue weighted by atomic mass is 15.3. The van der Waals surface area contributed by atoms with Gasteiger partial charge < -0.3 is 4.57 Å². The van der Waals surface area contributed by atoms with Crippen molar-refractivity contribution in [1.29, 1.82) is 0 Å². The maximum absolute atomic E-state index is 4.22. The highest BCUT2D eigenvalue weighted by Crippen LogP contribution is 2.21. The number of hydrogen-bond acceptors (Lipinski definition) is 2. The van der Waals surface area contributed by atoms with Crippen LogP contribution in [0.4, 0.5) is 0 Å². The van der Waals surface area contributed by atoms with Crippen molar-refractivity contribution >= 4 is 0 Å². The van der Waals surface area contributed by atoms with Crippen LogP contribution in [0, 0.1) is 0 Å². The van der Waals surface area contributed by atoms with Crippen LogP contribution in [-0.2, 0) is 6.54 Å². The van der Waals surface area contributed by atoms with Gasteiger partial charge in [-0.25, -0.2) is 0 Å². The second-order valence-corrected chi connectivity index (χ2v) is 4.01. The number of aryl methyl sites for hydroxylation is 1. The molecule has 0 bridgehead atoms. The van der Waals surface area contributed by atoms with E-state index in [4.69, 9.17) is 0 Å². The molecule has 0 radical (unpaired) electrons. The van der Waals surface area contributed by atoms with Crippen molar-refractivity contribution in [2.75, 3.05) is 0 Å². The van der Waals surface area contributed by atoms with Gasteiger partial charge in [0, 0.05) is 12.5 Å². The molecule has 3 heteroatoms. The molecule has 0 amide bonds. The Hall–Kier alpha value is -1.64. The molecule has 3 nitrogen and oxygen atoms in total. The smallest absolute Gasteiger partial charge is 0.140 e. The summed E-state index contributed by atoms with van der Waals surface area (Å²) in [5, 5.41) is 8.22. The maximum atomic E-state index is 4.22. The third kappa shape index (κ3) is 2.13. The van der Waals surface area contributed by atoms with Gasteiger partial charge in [0.1, 0.15) is 12.2 Å². The van der Waals surface area contributed by atoms with Gasteiger partial charge in [-0.05, 0) is 12.0 Å². The maximum Gasteiger partial charge on any atom is 0.140 e. The normalized spacial score (nSPS) is 12.6. The molecule has 2 rings (SSSR count). The quantitative estimate of drug-likeness (QED) is 0.785. The summed E-state index contributed by atoms with van der Waals surface area (Å²) in [7, 11) is 0. The summed E-state index contributed by atoms with van der Waals surface area (Å²) in [5.74, 6) is 1.35. The molecule has 0 saturated carbocycles. The minimum atomic E-state index is 0.301. The average Bonchev–Trinajstić information content (AvgIpc) is 2.78. The van der Waals surface area contributed by atoms with Gasteiger partial charge in [0.05, 0.1) is 0 Å². The molecule has 0 aliphatic carbocycles. The van der Waals surface area contributed by atoms with Crippen LogP contribution in [-0.4, -0.2) is 14.8 Å². The van der Waals surface area contributed by atoms with Crippen LogP contribution in [0.15, 0.2) is 36.7 Å². The van der Waals surface area contributed by atoms with Crippen LogP contribution >= 0.6 is 0 Å². The van der Waals surface area contributed by atoms with E-state index in [0.717, 1.165) is 18.8 Å². The van der Waals surface area contributed by atoms with Gasteiger partial charge in [-0.1, -0.05) is 44.2 Å². The predicted molar refractivity (Wildman–Crippen MR) is 64.3 cm³/mol. The van der Waals surface area contributed by atoms with Crippen molar-refractivity contribution in [2.24, 2.45) is 0 Å². The van der Waals surface area contributed by atoms with Crippen LogP contribution in [0.3, 0.4) is 0 Å². The van der Waals surface area contributed by atoms with Gasteiger partial charge in [-0.2, -0.15) is 0 Å². The monoisotopic (exact) mass is 215 g/mol. The Kier molecular flexibility index (Phi) is 3.34. The van der Waals surface area contributed by atoms with Crippen LogP contribution in [0.1, 0.15) is 37.6 Å². The van der Waals surface area contributed by atoms with Gasteiger partial charge in [-0.15, -0.1) is 10.2 Å². The molecule has 1 unspecified atom stereocenters. The van der Waals surface area contributed by atoms with Crippen molar-refractivity contribution in [3.8, 4) is 0 Å². The van der Waals surface area contributed by atoms with E-state index >= 15 is 0 Å². The minimum absolute atomic E-state index is 0.301. The number of benzene rings is 1. The Morgan fingerprint density at radius 1 is 1.25 bits per heavy atom. The Balaban J connectivity index is 2.27. The lowest BCUT2D eigenvalue weighted by Crippen LogP contribution is -2.07. The first-order chi connectivity index (χ1) is 7.83. The van der Waals surface area contributed by atoms with E-state index in [2.05, 4.69) is 52.9 Å². The van der Waals surface area contributed by atoms with Gasteiger partial charge >= 0.3 is 0 Å². The summed E-state index contributed by atoms with van der Waals surface area (Å²) in [4.78, 5) is 0. The molecule has 1 heterocycles. The first-order valence-corrected chi connectivity index (χ1v) is 5.75. The van der Waals surface area contributed by atoms with E-state index in [1.54, 1.807) is 0 Å². The van der Waals surface area contributed by atoms with Crippen LogP contribution < -0.4 is 0 Å². The molecule has 0 N–H and O–H groups in total. The van der Waals surface area contributed by atoms with E-state index in [1.165, 1.54) is 5.56 Å². The van der Waals surface area contributed by atoms with Crippen LogP contribution in [0.25, 0.3) is 0 Å². The second kappa shape index (κ2) is 4.92. The fourth-order valence-corrected chi connectivity index (χ4v) is 1.90. The second-order valence-electron chi connectivity index (χ2n) is 4.01. The summed E-state index contributed by atoms with van der Waals surface area (Å²) in [6.07, 6.45) is 2.92. The number of rotatable bonds is 4. The zero-order chi connectivity index (χ0) is 11.4. The SMILES string of the molecule is CCCn1cnnc1C(C)c1ccccc1. The van der Waals surface area contributed by atoms with E-state index in [-0.39, 0.29) is 0 Å². The Morgan fingerprint density at radius 3 is 2.69 bits per heavy atom. The highest BCUT2D eigenvalue weighted by Gasteiger charge is 2.14. The Morgan fingerprint density at radius 2 is 2.00 bits per heavy atom. The third-order valence-electron chi connectivity index (χ3n) is 2.80. The number of hydrogen-bond donors (Lipinski definition) is 0. The Bertz CT molecular complexity index is 433. The van der Waals surface area contributed by atoms with Gasteiger partial charge in [0.15, 0.2) is 0 Å². The number of nitrogens with zero attached hydrogens (tertiary/aromatic N) is 3. The molecule has 0 fully saturated rings. The largest absolute Gasteiger partial charge is 0.317 e. The molecule has 0 aliphatic heterocycles. The van der Waals surface area contributed by atoms with Gasteiger partial charge in [-0.3, -0.25) is 0 Å². The zero-order valence-electron chi connectivity index (χ0n) is 9.80. The van der Waals surface area contributed by atoms with Crippen molar-refractivity contribution in [1.82, 2.24) is 14.8 Å². The lowest BCUT2D eigenvalue weighted by Gasteiger charge is -2.12. The van der Waals surface area contributed by atoms with Gasteiger partial charge in [0.2, 0.25) is 0 Å². The standard InChI is InChI=1S/C13H17N3/c1-3-9-16-10-14-15-13(16)11(2)12-7-5-4-6-8-12/h4-8,10-11H,3,9H2,1-2H3. The molecular formula is C13H17N3. The summed E-state index contributed by atoms with van der Waals surface area (Å²) in [6, 6.07) is 10.4. The van der Waals surface area contributed by atoms with Crippen molar-refractivity contribution < 1.29 is 0 Å². The van der Waals surface area contributed by atoms with E-state index in [0.29, 0.717) is 5.92 Å². The summed E-state index contributed by atoms with van der Waals surface area (Å²) < 4.78 is 2.14. The Labute approximate surface area is 96.1 Å². The fraction of sp³-hybridized carbons (Fsp3) is 0.385. The topological polar surface area (TPSA) is 30.7 Å². The summed E-state index contributed by atoms with van der Waals surface area (Å²) >= 11 is 0. The van der Waals surface area contributed by atoms with Crippen LogP contribution in [0.5, 0.6) is 0 Å². The highest BCUT2D eigenvalue weighted by molar-refractivity contribution is 5.24. The van der Waals surface area contributed by atoms with E-state index < -0.39 is 0 Å². The summed E-state index contributed by atoms with van der Waals surface area (Å²) in [5.41, 5.74) is 1.29. The molecule has 1 aromatic heterocycles. The molecule has 0 aliphatic rings. The predicted octanol–water partition coefficient (Wildman–Crippen LogP) is 2.84. The molecule has 0 saturated heterocycles. The molecule has 16 heavy (non-hydrogen) atoms. The van der Waals surface area contributed by atoms with Gasteiger partial charge in [0.25, 0.3) is 0 Å². The third-order valence-corrected chi connectivity index (χ3v) is 2.80. The number of aromatic nitrogens is 3. The first kappa shape index (κ1) is 10.9. The van der Waals surface area contributed by atoms with Crippen molar-refractivity contribution in [2.45, 2.75) is 32.7 Å². The van der Waals surface area contributed by atoms with E-state index in [1.807, 2.05) is 12.4 Å². The molecule has 0 spiro atoms. The molecule has 1 aromatic carbocycles. The van der Waals surface area contributed by atoms with Crippen molar-refractivity contribution in [3.05, 3.63) is 48.0 Å². The lowest BCUT2D eigenvalue weighted by atomic mass is 10.0. The van der Waals surface area contributed by atoms with Crippen LogP contribution in [0.2, 0.25) is 0 Å². The fourth-order valence-electron chi connectivity index (χ4n) is 1.90. The average molecular weight is 215 g/mol. The lowest BCUT2D eigenvalue weighted by molar-refractivity contribution is 0.621. The van der Waals surface area contributed by atoms with E-state index in [9.17, 15) is 0 Å².